The van der Waals surface area contributed by atoms with Crippen LogP contribution in [0.2, 0.25) is 0 Å². The monoisotopic (exact) mass is 368 g/mol. The first-order valence-electron chi connectivity index (χ1n) is 9.14. The van der Waals surface area contributed by atoms with Crippen LogP contribution in [-0.2, 0) is 9.59 Å². The van der Waals surface area contributed by atoms with Crippen LogP contribution in [0.25, 0.3) is 10.8 Å². The third kappa shape index (κ3) is 4.52. The van der Waals surface area contributed by atoms with Crippen molar-refractivity contribution in [2.45, 2.75) is 43.7 Å². The van der Waals surface area contributed by atoms with Crippen molar-refractivity contribution in [3.63, 3.8) is 0 Å². The Morgan fingerprint density at radius 2 is 1.70 bits per heavy atom. The van der Waals surface area contributed by atoms with E-state index >= 15 is 0 Å². The van der Waals surface area contributed by atoms with E-state index in [4.69, 9.17) is 10.2 Å². The van der Waals surface area contributed by atoms with Crippen molar-refractivity contribution in [3.8, 4) is 0 Å². The maximum Gasteiger partial charge on any atom is 0.328 e. The van der Waals surface area contributed by atoms with Crippen LogP contribution in [0.4, 0.5) is 0 Å². The molecule has 0 amide bonds. The molecule has 2 saturated heterocycles. The minimum atomic E-state index is -1.26. The van der Waals surface area contributed by atoms with Crippen molar-refractivity contribution in [1.29, 1.82) is 0 Å². The molecule has 4 rings (SSSR count). The summed E-state index contributed by atoms with van der Waals surface area (Å²) >= 11 is 0. The summed E-state index contributed by atoms with van der Waals surface area (Å²) < 4.78 is 0. The number of benzene rings is 1. The lowest BCUT2D eigenvalue weighted by Gasteiger charge is -2.37. The number of piperidine rings is 1. The normalized spacial score (nSPS) is 24.6. The van der Waals surface area contributed by atoms with Gasteiger partial charge >= 0.3 is 11.9 Å². The molecule has 3 heterocycles. The van der Waals surface area contributed by atoms with Gasteiger partial charge in [-0.1, -0.05) is 18.2 Å². The highest BCUT2D eigenvalue weighted by Crippen LogP contribution is 2.43. The Labute approximate surface area is 158 Å². The molecule has 2 unspecified atom stereocenters. The van der Waals surface area contributed by atoms with E-state index in [1.165, 1.54) is 36.5 Å². The summed E-state index contributed by atoms with van der Waals surface area (Å²) in [5.41, 5.74) is 1.55. The maximum absolute atomic E-state index is 9.55. The van der Waals surface area contributed by atoms with E-state index in [0.717, 1.165) is 18.0 Å². The average Bonchev–Trinajstić information content (AvgIpc) is 2.86. The quantitative estimate of drug-likeness (QED) is 0.808. The Hall–Kier alpha value is -2.73. The topological polar surface area (TPSA) is 90.7 Å². The molecule has 6 nitrogen and oxygen atoms in total. The van der Waals surface area contributed by atoms with Crippen LogP contribution in [0, 0.1) is 0 Å². The number of aliphatic carboxylic acids is 2. The van der Waals surface area contributed by atoms with Gasteiger partial charge in [0.25, 0.3) is 0 Å². The van der Waals surface area contributed by atoms with E-state index in [-0.39, 0.29) is 0 Å². The molecule has 2 fully saturated rings. The third-order valence-electron chi connectivity index (χ3n) is 5.62. The first-order chi connectivity index (χ1) is 13.0. The Morgan fingerprint density at radius 1 is 1.07 bits per heavy atom. The van der Waals surface area contributed by atoms with Gasteiger partial charge in [0.1, 0.15) is 0 Å². The van der Waals surface area contributed by atoms with E-state index in [2.05, 4.69) is 41.2 Å². The zero-order valence-corrected chi connectivity index (χ0v) is 15.3. The second kappa shape index (κ2) is 8.31. The van der Waals surface area contributed by atoms with Crippen LogP contribution in [0.1, 0.15) is 37.2 Å². The molecule has 0 saturated carbocycles. The van der Waals surface area contributed by atoms with Crippen molar-refractivity contribution < 1.29 is 19.8 Å². The number of rotatable bonds is 3. The van der Waals surface area contributed by atoms with Gasteiger partial charge in [0.05, 0.1) is 0 Å². The zero-order chi connectivity index (χ0) is 19.4. The van der Waals surface area contributed by atoms with Crippen molar-refractivity contribution in [1.82, 2.24) is 9.88 Å². The van der Waals surface area contributed by atoms with Crippen molar-refractivity contribution in [3.05, 3.63) is 54.4 Å². The fourth-order valence-corrected chi connectivity index (χ4v) is 4.31. The summed E-state index contributed by atoms with van der Waals surface area (Å²) in [6.07, 6.45) is 10.5. The Kier molecular flexibility index (Phi) is 5.86. The minimum absolute atomic E-state index is 0.558. The number of aromatic nitrogens is 1. The number of carboxylic acids is 2. The Morgan fingerprint density at radius 3 is 2.30 bits per heavy atom. The SMILES string of the molecule is CN1C2CCC1CC(c1cccc3cnccc13)C2.O=C(O)/C=C/C(=O)O. The average molecular weight is 368 g/mol. The molecule has 2 N–H and O–H groups in total. The lowest BCUT2D eigenvalue weighted by molar-refractivity contribution is -0.134. The van der Waals surface area contributed by atoms with E-state index in [1.54, 1.807) is 5.56 Å². The van der Waals surface area contributed by atoms with E-state index in [9.17, 15) is 9.59 Å². The molecule has 1 aromatic heterocycles. The molecular formula is C21H24N2O4. The summed E-state index contributed by atoms with van der Waals surface area (Å²) in [5.74, 6) is -1.78. The summed E-state index contributed by atoms with van der Waals surface area (Å²) in [4.78, 5) is 26.0. The molecule has 27 heavy (non-hydrogen) atoms. The number of nitrogens with zero attached hydrogens (tertiary/aromatic N) is 2. The fraction of sp³-hybridized carbons (Fsp3) is 0.381. The predicted molar refractivity (Wildman–Crippen MR) is 103 cm³/mol. The molecule has 2 aromatic rings. The lowest BCUT2D eigenvalue weighted by atomic mass is 9.83. The minimum Gasteiger partial charge on any atom is -0.478 e. The van der Waals surface area contributed by atoms with E-state index in [0.29, 0.717) is 12.2 Å². The summed E-state index contributed by atoms with van der Waals surface area (Å²) in [6, 6.07) is 10.5. The molecule has 0 aliphatic carbocycles. The van der Waals surface area contributed by atoms with Gasteiger partial charge in [0, 0.05) is 42.0 Å². The first kappa shape index (κ1) is 19.0. The van der Waals surface area contributed by atoms with Crippen molar-refractivity contribution >= 4 is 22.7 Å². The zero-order valence-electron chi connectivity index (χ0n) is 15.3. The first-order valence-corrected chi connectivity index (χ1v) is 9.14. The van der Waals surface area contributed by atoms with E-state index in [1.807, 2.05) is 12.4 Å². The number of pyridine rings is 1. The molecule has 2 aliphatic heterocycles. The molecular weight excluding hydrogens is 344 g/mol. The Bertz CT molecular complexity index is 829. The van der Waals surface area contributed by atoms with Crippen LogP contribution in [0.3, 0.4) is 0 Å². The molecule has 6 heteroatoms. The van der Waals surface area contributed by atoms with Gasteiger partial charge in [-0.2, -0.15) is 0 Å². The highest BCUT2D eigenvalue weighted by Gasteiger charge is 2.39. The van der Waals surface area contributed by atoms with Crippen molar-refractivity contribution in [2.75, 3.05) is 7.05 Å². The van der Waals surface area contributed by atoms with Gasteiger partial charge in [0.2, 0.25) is 0 Å². The van der Waals surface area contributed by atoms with Gasteiger partial charge in [-0.05, 0) is 55.7 Å². The van der Waals surface area contributed by atoms with Gasteiger partial charge in [-0.25, -0.2) is 9.59 Å². The van der Waals surface area contributed by atoms with Gasteiger partial charge in [-0.15, -0.1) is 0 Å². The maximum atomic E-state index is 9.55. The lowest BCUT2D eigenvalue weighted by Crippen LogP contribution is -2.39. The molecule has 0 radical (unpaired) electrons. The summed E-state index contributed by atoms with van der Waals surface area (Å²) in [7, 11) is 2.31. The van der Waals surface area contributed by atoms with Crippen LogP contribution in [0.15, 0.2) is 48.8 Å². The second-order valence-corrected chi connectivity index (χ2v) is 7.17. The number of hydrogen-bond acceptors (Lipinski definition) is 4. The Balaban J connectivity index is 0.000000226. The van der Waals surface area contributed by atoms with E-state index < -0.39 is 11.9 Å². The predicted octanol–water partition coefficient (Wildman–Crippen LogP) is 3.29. The molecule has 2 aliphatic rings. The van der Waals surface area contributed by atoms with Crippen LogP contribution in [0.5, 0.6) is 0 Å². The third-order valence-corrected chi connectivity index (χ3v) is 5.62. The van der Waals surface area contributed by atoms with Crippen molar-refractivity contribution in [2.24, 2.45) is 0 Å². The smallest absolute Gasteiger partial charge is 0.328 e. The number of fused-ring (bicyclic) bond motifs is 3. The second-order valence-electron chi connectivity index (χ2n) is 7.17. The number of carbonyl (C=O) groups is 2. The molecule has 0 spiro atoms. The fourth-order valence-electron chi connectivity index (χ4n) is 4.31. The highest BCUT2D eigenvalue weighted by atomic mass is 16.4. The molecule has 142 valence electrons. The van der Waals surface area contributed by atoms with Gasteiger partial charge < -0.3 is 15.1 Å². The largest absolute Gasteiger partial charge is 0.478 e. The molecule has 2 atom stereocenters. The van der Waals surface area contributed by atoms with Gasteiger partial charge in [0.15, 0.2) is 0 Å². The highest BCUT2D eigenvalue weighted by molar-refractivity contribution is 5.89. The molecule has 2 bridgehead atoms. The number of hydrogen-bond donors (Lipinski definition) is 2. The summed E-state index contributed by atoms with van der Waals surface area (Å²) in [5, 5.41) is 18.3. The molecule has 1 aromatic carbocycles. The number of carboxylic acid groups (broad SMARTS) is 2. The standard InChI is InChI=1S/C17H20N2.C4H4O4/c1-19-14-5-6-15(19)10-13(9-14)16-4-2-3-12-11-18-8-7-17(12)16;5-3(6)1-2-4(7)8/h2-4,7-8,11,13-15H,5-6,9-10H2,1H3;1-2H,(H,5,6)(H,7,8)/b;2-1+. The van der Waals surface area contributed by atoms with Crippen LogP contribution < -0.4 is 0 Å². The van der Waals surface area contributed by atoms with Crippen LogP contribution in [-0.4, -0.2) is 51.2 Å². The van der Waals surface area contributed by atoms with Crippen LogP contribution >= 0.6 is 0 Å². The summed E-state index contributed by atoms with van der Waals surface area (Å²) in [6.45, 7) is 0. The van der Waals surface area contributed by atoms with Gasteiger partial charge in [-0.3, -0.25) is 4.98 Å².